The van der Waals surface area contributed by atoms with Crippen molar-refractivity contribution in [2.24, 2.45) is 0 Å². The third-order valence-electron chi connectivity index (χ3n) is 3.93. The maximum absolute atomic E-state index is 12.5. The van der Waals surface area contributed by atoms with Crippen LogP contribution in [0.2, 0.25) is 0 Å². The quantitative estimate of drug-likeness (QED) is 0.772. The molecule has 2 amide bonds. The number of carbonyl (C=O) groups is 2. The van der Waals surface area contributed by atoms with Gasteiger partial charge >= 0.3 is 0 Å². The molecule has 0 bridgehead atoms. The third-order valence-corrected chi connectivity index (χ3v) is 3.93. The highest BCUT2D eigenvalue weighted by Crippen LogP contribution is 2.30. The molecule has 0 fully saturated rings. The minimum atomic E-state index is -0.286. The van der Waals surface area contributed by atoms with Gasteiger partial charge in [0.05, 0.1) is 19.8 Å². The van der Waals surface area contributed by atoms with E-state index >= 15 is 0 Å². The molecule has 0 aliphatic carbocycles. The van der Waals surface area contributed by atoms with E-state index in [0.717, 1.165) is 5.56 Å². The van der Waals surface area contributed by atoms with E-state index in [-0.39, 0.29) is 18.4 Å². The van der Waals surface area contributed by atoms with Gasteiger partial charge in [0.2, 0.25) is 5.91 Å². The van der Waals surface area contributed by atoms with Gasteiger partial charge in [-0.15, -0.1) is 0 Å². The Labute approximate surface area is 160 Å². The largest absolute Gasteiger partial charge is 0.490 e. The molecule has 2 rings (SSSR count). The van der Waals surface area contributed by atoms with Gasteiger partial charge in [-0.3, -0.25) is 9.59 Å². The molecule has 0 radical (unpaired) electrons. The van der Waals surface area contributed by atoms with Gasteiger partial charge in [-0.25, -0.2) is 0 Å². The van der Waals surface area contributed by atoms with E-state index in [2.05, 4.69) is 5.32 Å². The smallest absolute Gasteiger partial charge is 0.254 e. The number of nitrogens with zero attached hydrogens (tertiary/aromatic N) is 1. The number of amides is 2. The number of benzene rings is 2. The van der Waals surface area contributed by atoms with Gasteiger partial charge in [0, 0.05) is 24.4 Å². The summed E-state index contributed by atoms with van der Waals surface area (Å²) in [6.45, 7) is 6.61. The highest BCUT2D eigenvalue weighted by molar-refractivity contribution is 6.00. The summed E-state index contributed by atoms with van der Waals surface area (Å²) >= 11 is 0. The maximum atomic E-state index is 12.5. The third kappa shape index (κ3) is 5.48. The highest BCUT2D eigenvalue weighted by atomic mass is 16.5. The number of anilines is 1. The van der Waals surface area contributed by atoms with Crippen LogP contribution in [0.15, 0.2) is 42.5 Å². The molecule has 27 heavy (non-hydrogen) atoms. The average molecular weight is 370 g/mol. The maximum Gasteiger partial charge on any atom is 0.254 e. The van der Waals surface area contributed by atoms with E-state index in [9.17, 15) is 9.59 Å². The molecule has 0 aromatic heterocycles. The number of ether oxygens (including phenoxy) is 2. The van der Waals surface area contributed by atoms with Gasteiger partial charge in [0.15, 0.2) is 11.5 Å². The van der Waals surface area contributed by atoms with Crippen molar-refractivity contribution in [3.8, 4) is 11.5 Å². The molecule has 2 aromatic carbocycles. The van der Waals surface area contributed by atoms with E-state index in [4.69, 9.17) is 9.47 Å². The predicted octanol–water partition coefficient (Wildman–Crippen LogP) is 3.50. The molecule has 0 saturated carbocycles. The van der Waals surface area contributed by atoms with Crippen LogP contribution in [0.4, 0.5) is 5.69 Å². The minimum absolute atomic E-state index is 0.0512. The average Bonchev–Trinajstić information content (AvgIpc) is 2.64. The summed E-state index contributed by atoms with van der Waals surface area (Å²) in [5, 5.41) is 2.79. The summed E-state index contributed by atoms with van der Waals surface area (Å²) in [6.07, 6.45) is 0. The first-order valence-electron chi connectivity index (χ1n) is 8.96. The van der Waals surface area contributed by atoms with Crippen LogP contribution in [0.25, 0.3) is 0 Å². The molecular formula is C21H26N2O4. The Morgan fingerprint density at radius 1 is 1.00 bits per heavy atom. The molecule has 0 saturated heterocycles. The van der Waals surface area contributed by atoms with Gasteiger partial charge in [-0.1, -0.05) is 18.2 Å². The van der Waals surface area contributed by atoms with E-state index in [1.165, 1.54) is 4.90 Å². The zero-order chi connectivity index (χ0) is 19.8. The summed E-state index contributed by atoms with van der Waals surface area (Å²) < 4.78 is 11.1. The number of hydrogen-bond acceptors (Lipinski definition) is 4. The lowest BCUT2D eigenvalue weighted by atomic mass is 10.1. The second-order valence-corrected chi connectivity index (χ2v) is 6.05. The van der Waals surface area contributed by atoms with Gasteiger partial charge in [-0.2, -0.15) is 0 Å². The number of aryl methyl sites for hydroxylation is 1. The Hall–Kier alpha value is -3.02. The lowest BCUT2D eigenvalue weighted by Gasteiger charge is -2.18. The first-order chi connectivity index (χ1) is 13.0. The van der Waals surface area contributed by atoms with E-state index < -0.39 is 0 Å². The molecule has 0 aliphatic heterocycles. The fourth-order valence-corrected chi connectivity index (χ4v) is 2.64. The summed E-state index contributed by atoms with van der Waals surface area (Å²) in [7, 11) is 1.61. The van der Waals surface area contributed by atoms with Crippen LogP contribution in [-0.2, 0) is 4.79 Å². The fourth-order valence-electron chi connectivity index (χ4n) is 2.64. The van der Waals surface area contributed by atoms with Crippen molar-refractivity contribution in [2.75, 3.05) is 32.1 Å². The molecule has 0 unspecified atom stereocenters. The molecule has 2 aromatic rings. The van der Waals surface area contributed by atoms with Crippen LogP contribution in [0, 0.1) is 6.92 Å². The first kappa shape index (κ1) is 20.3. The SMILES string of the molecule is CCOc1ccc(NC(=O)CN(C)C(=O)c2ccccc2C)cc1OCC. The first-order valence-corrected chi connectivity index (χ1v) is 8.96. The minimum Gasteiger partial charge on any atom is -0.490 e. The molecule has 144 valence electrons. The van der Waals surface area contributed by atoms with E-state index in [1.807, 2.05) is 39.0 Å². The lowest BCUT2D eigenvalue weighted by Crippen LogP contribution is -2.35. The van der Waals surface area contributed by atoms with Gasteiger partial charge in [0.1, 0.15) is 0 Å². The molecule has 0 atom stereocenters. The second-order valence-electron chi connectivity index (χ2n) is 6.05. The van der Waals surface area contributed by atoms with Crippen molar-refractivity contribution in [3.05, 3.63) is 53.6 Å². The van der Waals surface area contributed by atoms with Crippen LogP contribution in [0.5, 0.6) is 11.5 Å². The Morgan fingerprint density at radius 3 is 2.33 bits per heavy atom. The highest BCUT2D eigenvalue weighted by Gasteiger charge is 2.17. The number of likely N-dealkylation sites (N-methyl/N-ethyl adjacent to an activating group) is 1. The van der Waals surface area contributed by atoms with E-state index in [1.54, 1.807) is 31.3 Å². The van der Waals surface area contributed by atoms with Crippen LogP contribution >= 0.6 is 0 Å². The van der Waals surface area contributed by atoms with Crippen LogP contribution < -0.4 is 14.8 Å². The Bertz CT molecular complexity index is 805. The second kappa shape index (κ2) is 9.62. The van der Waals surface area contributed by atoms with Crippen molar-refractivity contribution < 1.29 is 19.1 Å². The molecule has 6 heteroatoms. The van der Waals surface area contributed by atoms with E-state index in [0.29, 0.717) is 36.0 Å². The number of nitrogens with one attached hydrogen (secondary N) is 1. The molecule has 0 heterocycles. The standard InChI is InChI=1S/C21H26N2O4/c1-5-26-18-12-11-16(13-19(18)27-6-2)22-20(24)14-23(4)21(25)17-10-8-7-9-15(17)3/h7-13H,5-6,14H2,1-4H3,(H,22,24). The van der Waals surface area contributed by atoms with Crippen LogP contribution in [0.3, 0.4) is 0 Å². The number of rotatable bonds is 8. The summed E-state index contributed by atoms with van der Waals surface area (Å²) in [6, 6.07) is 12.5. The van der Waals surface area contributed by atoms with Gasteiger partial charge < -0.3 is 19.7 Å². The monoisotopic (exact) mass is 370 g/mol. The predicted molar refractivity (Wildman–Crippen MR) is 106 cm³/mol. The summed E-state index contributed by atoms with van der Waals surface area (Å²) in [5.41, 5.74) is 2.05. The Kier molecular flexibility index (Phi) is 7.23. The molecular weight excluding hydrogens is 344 g/mol. The molecule has 1 N–H and O–H groups in total. The van der Waals surface area contributed by atoms with Crippen molar-refractivity contribution in [1.82, 2.24) is 4.90 Å². The Balaban J connectivity index is 2.03. The van der Waals surface area contributed by atoms with Crippen molar-refractivity contribution >= 4 is 17.5 Å². The van der Waals surface area contributed by atoms with Crippen molar-refractivity contribution in [3.63, 3.8) is 0 Å². The zero-order valence-corrected chi connectivity index (χ0v) is 16.2. The fraction of sp³-hybridized carbons (Fsp3) is 0.333. The van der Waals surface area contributed by atoms with Gasteiger partial charge in [0.25, 0.3) is 5.91 Å². The van der Waals surface area contributed by atoms with Crippen LogP contribution in [0.1, 0.15) is 29.8 Å². The Morgan fingerprint density at radius 2 is 1.67 bits per heavy atom. The normalized spacial score (nSPS) is 10.2. The van der Waals surface area contributed by atoms with Gasteiger partial charge in [-0.05, 0) is 44.5 Å². The van der Waals surface area contributed by atoms with Crippen molar-refractivity contribution in [1.29, 1.82) is 0 Å². The molecule has 0 spiro atoms. The van der Waals surface area contributed by atoms with Crippen molar-refractivity contribution in [2.45, 2.75) is 20.8 Å². The number of carbonyl (C=O) groups excluding carboxylic acids is 2. The topological polar surface area (TPSA) is 67.9 Å². The number of hydrogen-bond donors (Lipinski definition) is 1. The summed E-state index contributed by atoms with van der Waals surface area (Å²) in [4.78, 5) is 26.3. The van der Waals surface area contributed by atoms with Crippen LogP contribution in [-0.4, -0.2) is 43.5 Å². The molecule has 6 nitrogen and oxygen atoms in total. The lowest BCUT2D eigenvalue weighted by molar-refractivity contribution is -0.116. The molecule has 0 aliphatic rings. The zero-order valence-electron chi connectivity index (χ0n) is 16.2. The summed E-state index contributed by atoms with van der Waals surface area (Å²) in [5.74, 6) is 0.724.